The first-order chi connectivity index (χ1) is 9.83. The van der Waals surface area contributed by atoms with Crippen molar-refractivity contribution < 1.29 is 4.74 Å². The largest absolute Gasteiger partial charge is 0.494 e. The van der Waals surface area contributed by atoms with Crippen molar-refractivity contribution in [3.8, 4) is 5.75 Å². The lowest BCUT2D eigenvalue weighted by Crippen LogP contribution is -2.44. The molecule has 0 spiro atoms. The highest BCUT2D eigenvalue weighted by molar-refractivity contribution is 5.41. The highest BCUT2D eigenvalue weighted by Crippen LogP contribution is 2.43. The van der Waals surface area contributed by atoms with Crippen LogP contribution in [-0.2, 0) is 6.42 Å². The molecule has 0 unspecified atom stereocenters. The maximum Gasteiger partial charge on any atom is 0.119 e. The summed E-state index contributed by atoms with van der Waals surface area (Å²) in [5.41, 5.74) is 3.12. The molecule has 3 rings (SSSR count). The number of benzene rings is 1. The molecular weight excluding hydrogens is 246 g/mol. The van der Waals surface area contributed by atoms with Crippen LogP contribution in [0.2, 0.25) is 0 Å². The molecule has 2 bridgehead atoms. The zero-order valence-electron chi connectivity index (χ0n) is 12.8. The van der Waals surface area contributed by atoms with Crippen molar-refractivity contribution >= 4 is 0 Å². The Bertz CT molecular complexity index is 457. The smallest absolute Gasteiger partial charge is 0.119 e. The third-order valence-electron chi connectivity index (χ3n) is 5.17. The summed E-state index contributed by atoms with van der Waals surface area (Å²) >= 11 is 0. The summed E-state index contributed by atoms with van der Waals surface area (Å²) in [5.74, 6) is 2.53. The molecule has 0 amide bonds. The Labute approximate surface area is 122 Å². The van der Waals surface area contributed by atoms with Crippen molar-refractivity contribution in [3.05, 3.63) is 29.3 Å². The number of ether oxygens (including phenoxy) is 1. The second-order valence-electron chi connectivity index (χ2n) is 6.32. The van der Waals surface area contributed by atoms with Gasteiger partial charge in [-0.2, -0.15) is 0 Å². The van der Waals surface area contributed by atoms with E-state index in [2.05, 4.69) is 37.5 Å². The van der Waals surface area contributed by atoms with Gasteiger partial charge < -0.3 is 10.1 Å². The average molecular weight is 273 g/mol. The van der Waals surface area contributed by atoms with Crippen LogP contribution in [0, 0.1) is 5.92 Å². The van der Waals surface area contributed by atoms with Crippen molar-refractivity contribution in [1.82, 2.24) is 5.32 Å². The van der Waals surface area contributed by atoms with Crippen molar-refractivity contribution in [2.75, 3.05) is 13.7 Å². The van der Waals surface area contributed by atoms with Gasteiger partial charge in [-0.05, 0) is 68.3 Å². The number of hydrogen-bond acceptors (Lipinski definition) is 2. The van der Waals surface area contributed by atoms with E-state index in [0.29, 0.717) is 12.0 Å². The molecule has 2 aliphatic rings. The number of likely N-dealkylation sites (N-methyl/N-ethyl adjacent to an activating group) is 1. The van der Waals surface area contributed by atoms with Crippen LogP contribution >= 0.6 is 0 Å². The van der Waals surface area contributed by atoms with Crippen molar-refractivity contribution in [1.29, 1.82) is 0 Å². The first kappa shape index (κ1) is 13.9. The summed E-state index contributed by atoms with van der Waals surface area (Å²) in [6.45, 7) is 2.81. The van der Waals surface area contributed by atoms with Gasteiger partial charge in [0.05, 0.1) is 6.61 Å². The molecular formula is C18H27NO. The Balaban J connectivity index is 1.97. The number of fused-ring (bicyclic) bond motifs is 4. The van der Waals surface area contributed by atoms with Crippen molar-refractivity contribution in [2.45, 2.75) is 57.4 Å². The van der Waals surface area contributed by atoms with Gasteiger partial charge in [-0.25, -0.2) is 0 Å². The molecule has 110 valence electrons. The minimum Gasteiger partial charge on any atom is -0.494 e. The van der Waals surface area contributed by atoms with Crippen LogP contribution in [-0.4, -0.2) is 19.7 Å². The zero-order chi connectivity index (χ0) is 13.9. The maximum atomic E-state index is 5.71. The SMILES string of the molecule is CCOc1ccc2c(c1)[C@H]1CCCCC[C@@H](C2)[C@@H]1NC. The molecule has 2 heteroatoms. The number of nitrogens with one attached hydrogen (secondary N) is 1. The Kier molecular flexibility index (Phi) is 4.30. The van der Waals surface area contributed by atoms with Crippen LogP contribution in [0.5, 0.6) is 5.75 Å². The first-order valence-corrected chi connectivity index (χ1v) is 8.26. The van der Waals surface area contributed by atoms with E-state index in [1.165, 1.54) is 38.5 Å². The Morgan fingerprint density at radius 1 is 1.20 bits per heavy atom. The Morgan fingerprint density at radius 3 is 2.85 bits per heavy atom. The van der Waals surface area contributed by atoms with Gasteiger partial charge in [0, 0.05) is 6.04 Å². The summed E-state index contributed by atoms with van der Waals surface area (Å²) in [6, 6.07) is 7.43. The molecule has 2 nitrogen and oxygen atoms in total. The van der Waals surface area contributed by atoms with Crippen molar-refractivity contribution in [2.24, 2.45) is 5.92 Å². The van der Waals surface area contributed by atoms with Gasteiger partial charge in [0.15, 0.2) is 0 Å². The third kappa shape index (κ3) is 2.58. The van der Waals surface area contributed by atoms with Gasteiger partial charge in [0.2, 0.25) is 0 Å². The van der Waals surface area contributed by atoms with E-state index in [9.17, 15) is 0 Å². The van der Waals surface area contributed by atoms with Gasteiger partial charge >= 0.3 is 0 Å². The van der Waals surface area contributed by atoms with E-state index >= 15 is 0 Å². The highest BCUT2D eigenvalue weighted by atomic mass is 16.5. The molecule has 0 radical (unpaired) electrons. The minimum atomic E-state index is 0.652. The molecule has 1 fully saturated rings. The van der Waals surface area contributed by atoms with E-state index in [4.69, 9.17) is 4.74 Å². The molecule has 2 aliphatic carbocycles. The lowest BCUT2D eigenvalue weighted by molar-refractivity contribution is 0.246. The second-order valence-corrected chi connectivity index (χ2v) is 6.32. The highest BCUT2D eigenvalue weighted by Gasteiger charge is 2.36. The Hall–Kier alpha value is -1.02. The summed E-state index contributed by atoms with van der Waals surface area (Å²) in [4.78, 5) is 0. The van der Waals surface area contributed by atoms with Gasteiger partial charge in [-0.1, -0.05) is 25.3 Å². The number of rotatable bonds is 3. The summed E-state index contributed by atoms with van der Waals surface area (Å²) in [5, 5.41) is 3.63. The minimum absolute atomic E-state index is 0.652. The summed E-state index contributed by atoms with van der Waals surface area (Å²) in [6.07, 6.45) is 8.13. The van der Waals surface area contributed by atoms with Crippen LogP contribution in [0.25, 0.3) is 0 Å². The first-order valence-electron chi connectivity index (χ1n) is 8.26. The van der Waals surface area contributed by atoms with Gasteiger partial charge in [-0.15, -0.1) is 0 Å². The van der Waals surface area contributed by atoms with E-state index in [-0.39, 0.29) is 0 Å². The summed E-state index contributed by atoms with van der Waals surface area (Å²) in [7, 11) is 2.14. The van der Waals surface area contributed by atoms with Crippen molar-refractivity contribution in [3.63, 3.8) is 0 Å². The topological polar surface area (TPSA) is 21.3 Å². The predicted molar refractivity (Wildman–Crippen MR) is 83.5 cm³/mol. The van der Waals surface area contributed by atoms with E-state index < -0.39 is 0 Å². The summed E-state index contributed by atoms with van der Waals surface area (Å²) < 4.78 is 5.71. The molecule has 1 N–H and O–H groups in total. The van der Waals surface area contributed by atoms with E-state index in [0.717, 1.165) is 18.3 Å². The lowest BCUT2D eigenvalue weighted by atomic mass is 9.68. The van der Waals surface area contributed by atoms with Gasteiger partial charge in [0.1, 0.15) is 5.75 Å². The molecule has 3 atom stereocenters. The fourth-order valence-corrected chi connectivity index (χ4v) is 4.29. The van der Waals surface area contributed by atoms with Crippen LogP contribution in [0.4, 0.5) is 0 Å². The maximum absolute atomic E-state index is 5.71. The number of hydrogen-bond donors (Lipinski definition) is 1. The molecule has 1 aromatic rings. The van der Waals surface area contributed by atoms with Crippen LogP contribution in [0.1, 0.15) is 56.1 Å². The Morgan fingerprint density at radius 2 is 2.05 bits per heavy atom. The van der Waals surface area contributed by atoms with Crippen LogP contribution in [0.3, 0.4) is 0 Å². The van der Waals surface area contributed by atoms with E-state index in [1.54, 1.807) is 11.1 Å². The average Bonchev–Trinajstić information content (AvgIpc) is 2.45. The normalized spacial score (nSPS) is 29.2. The third-order valence-corrected chi connectivity index (χ3v) is 5.17. The molecule has 1 saturated carbocycles. The fraction of sp³-hybridized carbons (Fsp3) is 0.667. The molecule has 0 heterocycles. The molecule has 0 aromatic heterocycles. The zero-order valence-corrected chi connectivity index (χ0v) is 12.8. The molecule has 0 saturated heterocycles. The van der Waals surface area contributed by atoms with Gasteiger partial charge in [0.25, 0.3) is 0 Å². The lowest BCUT2D eigenvalue weighted by Gasteiger charge is -2.41. The standard InChI is InChI=1S/C18H27NO/c1-3-20-15-10-9-13-11-14-7-5-4-6-8-16(17(13)12-15)18(14)19-2/h9-10,12,14,16,18-19H,3-8,11H2,1-2H3/t14-,16+,18-/m0/s1. The van der Waals surface area contributed by atoms with E-state index in [1.807, 2.05) is 0 Å². The molecule has 20 heavy (non-hydrogen) atoms. The molecule has 0 aliphatic heterocycles. The quantitative estimate of drug-likeness (QED) is 0.902. The fourth-order valence-electron chi connectivity index (χ4n) is 4.29. The monoisotopic (exact) mass is 273 g/mol. The molecule has 1 aromatic carbocycles. The van der Waals surface area contributed by atoms with Crippen LogP contribution < -0.4 is 10.1 Å². The van der Waals surface area contributed by atoms with Crippen LogP contribution in [0.15, 0.2) is 18.2 Å². The predicted octanol–water partition coefficient (Wildman–Crippen LogP) is 3.89. The van der Waals surface area contributed by atoms with Gasteiger partial charge in [-0.3, -0.25) is 0 Å². The second kappa shape index (κ2) is 6.17.